The molecule has 0 bridgehead atoms. The minimum Gasteiger partial charge on any atom is -0.386 e. The molecule has 0 amide bonds. The van der Waals surface area contributed by atoms with Crippen molar-refractivity contribution in [3.8, 4) is 0 Å². The lowest BCUT2D eigenvalue weighted by Gasteiger charge is -2.32. The van der Waals surface area contributed by atoms with Crippen LogP contribution in [0.2, 0.25) is 0 Å². The second-order valence-corrected chi connectivity index (χ2v) is 4.72. The van der Waals surface area contributed by atoms with Crippen LogP contribution in [0.5, 0.6) is 0 Å². The average Bonchev–Trinajstić information content (AvgIpc) is 2.03. The summed E-state index contributed by atoms with van der Waals surface area (Å²) in [5.41, 5.74) is -0.746. The zero-order chi connectivity index (χ0) is 11.2. The Labute approximate surface area is 87.8 Å². The number of aliphatic hydroxyl groups is 1. The van der Waals surface area contributed by atoms with Gasteiger partial charge in [0.1, 0.15) is 5.60 Å². The van der Waals surface area contributed by atoms with Crippen molar-refractivity contribution >= 4 is 0 Å². The summed E-state index contributed by atoms with van der Waals surface area (Å²) >= 11 is 0. The van der Waals surface area contributed by atoms with Gasteiger partial charge in [0.05, 0.1) is 6.61 Å². The molecule has 0 aromatic carbocycles. The maximum atomic E-state index is 10.2. The van der Waals surface area contributed by atoms with Crippen LogP contribution < -0.4 is 5.32 Å². The van der Waals surface area contributed by atoms with Crippen LogP contribution in [0.15, 0.2) is 0 Å². The molecule has 0 aromatic heterocycles. The lowest BCUT2D eigenvalue weighted by Crippen LogP contribution is -2.49. The lowest BCUT2D eigenvalue weighted by atomic mass is 9.91. The Morgan fingerprint density at radius 3 is 2.21 bits per heavy atom. The molecule has 0 aromatic rings. The van der Waals surface area contributed by atoms with E-state index in [1.165, 1.54) is 0 Å². The topological polar surface area (TPSA) is 41.5 Å². The second kappa shape index (κ2) is 6.38. The van der Waals surface area contributed by atoms with Crippen LogP contribution in [0.4, 0.5) is 0 Å². The fraction of sp³-hybridized carbons (Fsp3) is 1.00. The van der Waals surface area contributed by atoms with E-state index >= 15 is 0 Å². The summed E-state index contributed by atoms with van der Waals surface area (Å²) in [6, 6.07) is 0. The molecule has 3 heteroatoms. The predicted octanol–water partition coefficient (Wildman–Crippen LogP) is 1.27. The molecule has 0 spiro atoms. The highest BCUT2D eigenvalue weighted by Gasteiger charge is 2.30. The van der Waals surface area contributed by atoms with Crippen LogP contribution in [0.3, 0.4) is 0 Å². The van der Waals surface area contributed by atoms with E-state index in [-0.39, 0.29) is 5.92 Å². The SMILES string of the molecule is COCC(O)(CNCC(C)C)C(C)C. The first-order valence-electron chi connectivity index (χ1n) is 5.34. The highest BCUT2D eigenvalue weighted by Crippen LogP contribution is 2.16. The first kappa shape index (κ1) is 13.9. The fourth-order valence-electron chi connectivity index (χ4n) is 1.25. The van der Waals surface area contributed by atoms with Crippen molar-refractivity contribution in [3.63, 3.8) is 0 Å². The summed E-state index contributed by atoms with van der Waals surface area (Å²) in [6.45, 7) is 10.2. The molecule has 1 unspecified atom stereocenters. The van der Waals surface area contributed by atoms with Gasteiger partial charge in [-0.05, 0) is 18.4 Å². The lowest BCUT2D eigenvalue weighted by molar-refractivity contribution is -0.0626. The summed E-state index contributed by atoms with van der Waals surface area (Å²) in [5.74, 6) is 0.802. The van der Waals surface area contributed by atoms with Crippen LogP contribution >= 0.6 is 0 Å². The molecule has 0 aliphatic rings. The highest BCUT2D eigenvalue weighted by atomic mass is 16.5. The van der Waals surface area contributed by atoms with E-state index in [2.05, 4.69) is 19.2 Å². The molecule has 0 heterocycles. The van der Waals surface area contributed by atoms with Crippen LogP contribution in [0, 0.1) is 11.8 Å². The summed E-state index contributed by atoms with van der Waals surface area (Å²) in [6.07, 6.45) is 0. The summed E-state index contributed by atoms with van der Waals surface area (Å²) in [4.78, 5) is 0. The maximum absolute atomic E-state index is 10.2. The Hall–Kier alpha value is -0.120. The third-order valence-electron chi connectivity index (χ3n) is 2.45. The largest absolute Gasteiger partial charge is 0.386 e. The van der Waals surface area contributed by atoms with Gasteiger partial charge in [0.15, 0.2) is 0 Å². The number of hydrogen-bond acceptors (Lipinski definition) is 3. The summed E-state index contributed by atoms with van der Waals surface area (Å²) in [7, 11) is 1.62. The number of methoxy groups -OCH3 is 1. The van der Waals surface area contributed by atoms with E-state index in [9.17, 15) is 5.11 Å². The van der Waals surface area contributed by atoms with E-state index < -0.39 is 5.60 Å². The molecule has 14 heavy (non-hydrogen) atoms. The van der Waals surface area contributed by atoms with Gasteiger partial charge in [0.25, 0.3) is 0 Å². The van der Waals surface area contributed by atoms with Crippen molar-refractivity contribution in [2.24, 2.45) is 11.8 Å². The number of rotatable bonds is 7. The Kier molecular flexibility index (Phi) is 6.33. The van der Waals surface area contributed by atoms with Gasteiger partial charge in [0.2, 0.25) is 0 Å². The molecular weight excluding hydrogens is 178 g/mol. The number of hydrogen-bond donors (Lipinski definition) is 2. The monoisotopic (exact) mass is 203 g/mol. The normalized spacial score (nSPS) is 16.3. The summed E-state index contributed by atoms with van der Waals surface area (Å²) < 4.78 is 5.04. The first-order chi connectivity index (χ1) is 6.42. The van der Waals surface area contributed by atoms with Crippen molar-refractivity contribution in [2.75, 3.05) is 26.8 Å². The fourth-order valence-corrected chi connectivity index (χ4v) is 1.25. The molecular formula is C11H25NO2. The molecule has 0 saturated carbocycles. The number of ether oxygens (including phenoxy) is 1. The maximum Gasteiger partial charge on any atom is 0.103 e. The first-order valence-corrected chi connectivity index (χ1v) is 5.34. The van der Waals surface area contributed by atoms with Gasteiger partial charge in [0, 0.05) is 13.7 Å². The van der Waals surface area contributed by atoms with E-state index in [1.807, 2.05) is 13.8 Å². The third kappa shape index (κ3) is 4.94. The second-order valence-electron chi connectivity index (χ2n) is 4.72. The van der Waals surface area contributed by atoms with E-state index in [0.717, 1.165) is 6.54 Å². The Morgan fingerprint density at radius 1 is 1.29 bits per heavy atom. The molecule has 86 valence electrons. The minimum atomic E-state index is -0.746. The van der Waals surface area contributed by atoms with Crippen molar-refractivity contribution in [2.45, 2.75) is 33.3 Å². The van der Waals surface area contributed by atoms with Crippen molar-refractivity contribution in [1.82, 2.24) is 5.32 Å². The van der Waals surface area contributed by atoms with Gasteiger partial charge in [-0.2, -0.15) is 0 Å². The van der Waals surface area contributed by atoms with Gasteiger partial charge >= 0.3 is 0 Å². The number of nitrogens with one attached hydrogen (secondary N) is 1. The molecule has 0 saturated heterocycles. The van der Waals surface area contributed by atoms with E-state index in [1.54, 1.807) is 7.11 Å². The smallest absolute Gasteiger partial charge is 0.103 e. The van der Waals surface area contributed by atoms with Gasteiger partial charge in [-0.25, -0.2) is 0 Å². The minimum absolute atomic E-state index is 0.196. The summed E-state index contributed by atoms with van der Waals surface area (Å²) in [5, 5.41) is 13.5. The quantitative estimate of drug-likeness (QED) is 0.654. The Morgan fingerprint density at radius 2 is 1.86 bits per heavy atom. The van der Waals surface area contributed by atoms with E-state index in [4.69, 9.17) is 4.74 Å². The molecule has 0 rings (SSSR count). The van der Waals surface area contributed by atoms with Gasteiger partial charge in [-0.1, -0.05) is 27.7 Å². The Bertz CT molecular complexity index is 148. The standard InChI is InChI=1S/C11H25NO2/c1-9(2)6-12-7-11(13,8-14-5)10(3)4/h9-10,12-13H,6-8H2,1-5H3. The van der Waals surface area contributed by atoms with Crippen molar-refractivity contribution in [3.05, 3.63) is 0 Å². The average molecular weight is 203 g/mol. The predicted molar refractivity (Wildman–Crippen MR) is 59.4 cm³/mol. The molecule has 0 aliphatic heterocycles. The van der Waals surface area contributed by atoms with Crippen molar-refractivity contribution < 1.29 is 9.84 Å². The van der Waals surface area contributed by atoms with Crippen LogP contribution in [0.25, 0.3) is 0 Å². The van der Waals surface area contributed by atoms with Gasteiger partial charge < -0.3 is 15.2 Å². The zero-order valence-electron chi connectivity index (χ0n) is 10.1. The van der Waals surface area contributed by atoms with Crippen LogP contribution in [-0.4, -0.2) is 37.5 Å². The molecule has 0 fully saturated rings. The van der Waals surface area contributed by atoms with E-state index in [0.29, 0.717) is 19.1 Å². The third-order valence-corrected chi connectivity index (χ3v) is 2.45. The van der Waals surface area contributed by atoms with Crippen LogP contribution in [-0.2, 0) is 4.74 Å². The highest BCUT2D eigenvalue weighted by molar-refractivity contribution is 4.84. The van der Waals surface area contributed by atoms with Crippen molar-refractivity contribution in [1.29, 1.82) is 0 Å². The molecule has 1 atom stereocenters. The molecule has 0 aliphatic carbocycles. The molecule has 0 radical (unpaired) electrons. The van der Waals surface area contributed by atoms with Gasteiger partial charge in [-0.15, -0.1) is 0 Å². The molecule has 2 N–H and O–H groups in total. The molecule has 3 nitrogen and oxygen atoms in total. The zero-order valence-corrected chi connectivity index (χ0v) is 10.1. The van der Waals surface area contributed by atoms with Crippen LogP contribution in [0.1, 0.15) is 27.7 Å². The van der Waals surface area contributed by atoms with Gasteiger partial charge in [-0.3, -0.25) is 0 Å². The Balaban J connectivity index is 3.96.